The van der Waals surface area contributed by atoms with Crippen molar-refractivity contribution in [3.63, 3.8) is 0 Å². The number of rotatable bonds is 8. The summed E-state index contributed by atoms with van der Waals surface area (Å²) >= 11 is 0. The summed E-state index contributed by atoms with van der Waals surface area (Å²) in [7, 11) is -3.44. The molecule has 0 fully saturated rings. The molecule has 0 unspecified atom stereocenters. The van der Waals surface area contributed by atoms with Crippen LogP contribution in [0.2, 0.25) is 0 Å². The van der Waals surface area contributed by atoms with Crippen LogP contribution in [0, 0.1) is 6.92 Å². The van der Waals surface area contributed by atoms with Crippen LogP contribution in [0.1, 0.15) is 25.5 Å². The maximum absolute atomic E-state index is 11.8. The van der Waals surface area contributed by atoms with E-state index in [1.54, 1.807) is 6.92 Å². The highest BCUT2D eigenvalue weighted by molar-refractivity contribution is 7.89. The maximum atomic E-state index is 11.8. The van der Waals surface area contributed by atoms with Crippen LogP contribution < -0.4 is 4.72 Å². The van der Waals surface area contributed by atoms with Crippen LogP contribution in [0.25, 0.3) is 0 Å². The monoisotopic (exact) mass is 261 g/mol. The van der Waals surface area contributed by atoms with Gasteiger partial charge >= 0.3 is 0 Å². The molecule has 0 saturated heterocycles. The van der Waals surface area contributed by atoms with Gasteiger partial charge in [-0.3, -0.25) is 5.10 Å². The molecule has 0 amide bonds. The van der Waals surface area contributed by atoms with Crippen molar-refractivity contribution >= 4 is 10.0 Å². The Bertz CT molecular complexity index is 428. The average Bonchev–Trinajstić information content (AvgIpc) is 2.70. The van der Waals surface area contributed by atoms with Gasteiger partial charge in [-0.2, -0.15) is 5.10 Å². The SMILES string of the molecule is CCCOCCCNS(=O)(=O)c1cn[nH]c1C. The lowest BCUT2D eigenvalue weighted by Crippen LogP contribution is -2.25. The van der Waals surface area contributed by atoms with Gasteiger partial charge in [0.2, 0.25) is 10.0 Å². The first-order chi connectivity index (χ1) is 8.08. The lowest BCUT2D eigenvalue weighted by molar-refractivity contribution is 0.133. The summed E-state index contributed by atoms with van der Waals surface area (Å²) in [4.78, 5) is 0.201. The first-order valence-corrected chi connectivity index (χ1v) is 7.13. The molecule has 7 heteroatoms. The highest BCUT2D eigenvalue weighted by Crippen LogP contribution is 2.10. The molecule has 1 heterocycles. The van der Waals surface area contributed by atoms with Crippen molar-refractivity contribution in [1.29, 1.82) is 0 Å². The number of aromatic amines is 1. The van der Waals surface area contributed by atoms with Crippen LogP contribution in [0.3, 0.4) is 0 Å². The largest absolute Gasteiger partial charge is 0.381 e. The minimum absolute atomic E-state index is 0.201. The Labute approximate surface area is 102 Å². The summed E-state index contributed by atoms with van der Waals surface area (Å²) < 4.78 is 31.4. The highest BCUT2D eigenvalue weighted by atomic mass is 32.2. The zero-order valence-electron chi connectivity index (χ0n) is 10.2. The van der Waals surface area contributed by atoms with Crippen LogP contribution in [-0.2, 0) is 14.8 Å². The quantitative estimate of drug-likeness (QED) is 0.678. The van der Waals surface area contributed by atoms with Crippen LogP contribution >= 0.6 is 0 Å². The van der Waals surface area contributed by atoms with Crippen LogP contribution in [-0.4, -0.2) is 38.4 Å². The van der Waals surface area contributed by atoms with Crippen molar-refractivity contribution in [2.75, 3.05) is 19.8 Å². The van der Waals surface area contributed by atoms with Gasteiger partial charge in [0.1, 0.15) is 4.90 Å². The molecule has 0 aliphatic heterocycles. The highest BCUT2D eigenvalue weighted by Gasteiger charge is 2.17. The third kappa shape index (κ3) is 4.45. The van der Waals surface area contributed by atoms with E-state index < -0.39 is 10.0 Å². The van der Waals surface area contributed by atoms with Gasteiger partial charge in [0.05, 0.1) is 11.9 Å². The fraction of sp³-hybridized carbons (Fsp3) is 0.700. The fourth-order valence-corrected chi connectivity index (χ4v) is 2.52. The third-order valence-corrected chi connectivity index (χ3v) is 3.75. The standard InChI is InChI=1S/C10H19N3O3S/c1-3-6-16-7-4-5-12-17(14,15)10-8-11-13-9(10)2/h8,12H,3-7H2,1-2H3,(H,11,13). The number of sulfonamides is 1. The topological polar surface area (TPSA) is 84.1 Å². The number of ether oxygens (including phenoxy) is 1. The molecular formula is C10H19N3O3S. The maximum Gasteiger partial charge on any atom is 0.243 e. The predicted molar refractivity (Wildman–Crippen MR) is 64.2 cm³/mol. The van der Waals surface area contributed by atoms with E-state index in [-0.39, 0.29) is 4.90 Å². The van der Waals surface area contributed by atoms with Crippen LogP contribution in [0.15, 0.2) is 11.1 Å². The predicted octanol–water partition coefficient (Wildman–Crippen LogP) is 0.813. The van der Waals surface area contributed by atoms with E-state index in [4.69, 9.17) is 4.74 Å². The van der Waals surface area contributed by atoms with Gasteiger partial charge in [0.25, 0.3) is 0 Å². The second kappa shape index (κ2) is 6.73. The Kier molecular flexibility index (Phi) is 5.60. The number of nitrogens with zero attached hydrogens (tertiary/aromatic N) is 1. The fourth-order valence-electron chi connectivity index (χ4n) is 1.32. The number of nitrogens with one attached hydrogen (secondary N) is 2. The Morgan fingerprint density at radius 1 is 1.47 bits per heavy atom. The lowest BCUT2D eigenvalue weighted by atomic mass is 10.4. The summed E-state index contributed by atoms with van der Waals surface area (Å²) in [5, 5.41) is 6.29. The smallest absolute Gasteiger partial charge is 0.243 e. The summed E-state index contributed by atoms with van der Waals surface area (Å²) in [6.07, 6.45) is 2.95. The van der Waals surface area contributed by atoms with Crippen molar-refractivity contribution in [3.05, 3.63) is 11.9 Å². The molecule has 17 heavy (non-hydrogen) atoms. The molecule has 2 N–H and O–H groups in total. The minimum atomic E-state index is -3.44. The van der Waals surface area contributed by atoms with Gasteiger partial charge in [-0.15, -0.1) is 0 Å². The summed E-state index contributed by atoms with van der Waals surface area (Å²) in [5.41, 5.74) is 0.541. The van der Waals surface area contributed by atoms with Crippen LogP contribution in [0.4, 0.5) is 0 Å². The van der Waals surface area contributed by atoms with E-state index >= 15 is 0 Å². The van der Waals surface area contributed by atoms with Gasteiger partial charge in [0.15, 0.2) is 0 Å². The summed E-state index contributed by atoms with van der Waals surface area (Å²) in [6, 6.07) is 0. The summed E-state index contributed by atoms with van der Waals surface area (Å²) in [5.74, 6) is 0. The van der Waals surface area contributed by atoms with Crippen molar-refractivity contribution in [2.24, 2.45) is 0 Å². The molecule has 98 valence electrons. The molecule has 0 saturated carbocycles. The Morgan fingerprint density at radius 3 is 2.82 bits per heavy atom. The Balaban J connectivity index is 2.34. The molecule has 0 spiro atoms. The molecule has 0 bridgehead atoms. The average molecular weight is 261 g/mol. The molecule has 1 aromatic heterocycles. The molecule has 0 aliphatic carbocycles. The van der Waals surface area contributed by atoms with E-state index in [0.29, 0.717) is 31.9 Å². The molecule has 6 nitrogen and oxygen atoms in total. The van der Waals surface area contributed by atoms with E-state index in [1.165, 1.54) is 6.20 Å². The van der Waals surface area contributed by atoms with Crippen molar-refractivity contribution < 1.29 is 13.2 Å². The molecule has 0 aromatic carbocycles. The van der Waals surface area contributed by atoms with Crippen molar-refractivity contribution in [3.8, 4) is 0 Å². The van der Waals surface area contributed by atoms with E-state index in [1.807, 2.05) is 6.92 Å². The minimum Gasteiger partial charge on any atom is -0.381 e. The van der Waals surface area contributed by atoms with Crippen molar-refractivity contribution in [2.45, 2.75) is 31.6 Å². The Morgan fingerprint density at radius 2 is 2.24 bits per heavy atom. The lowest BCUT2D eigenvalue weighted by Gasteiger charge is -2.06. The zero-order valence-corrected chi connectivity index (χ0v) is 11.0. The van der Waals surface area contributed by atoms with Gasteiger partial charge in [0, 0.05) is 19.8 Å². The molecule has 0 radical (unpaired) electrons. The van der Waals surface area contributed by atoms with E-state index in [9.17, 15) is 8.42 Å². The molecule has 0 atom stereocenters. The first kappa shape index (κ1) is 14.1. The zero-order chi connectivity index (χ0) is 12.7. The second-order valence-corrected chi connectivity index (χ2v) is 5.46. The van der Waals surface area contributed by atoms with Crippen molar-refractivity contribution in [1.82, 2.24) is 14.9 Å². The van der Waals surface area contributed by atoms with Gasteiger partial charge < -0.3 is 4.74 Å². The van der Waals surface area contributed by atoms with Crippen LogP contribution in [0.5, 0.6) is 0 Å². The summed E-state index contributed by atoms with van der Waals surface area (Å²) in [6.45, 7) is 5.36. The number of aromatic nitrogens is 2. The number of H-pyrrole nitrogens is 1. The molecule has 1 rings (SSSR count). The van der Waals surface area contributed by atoms with Gasteiger partial charge in [-0.25, -0.2) is 13.1 Å². The third-order valence-electron chi connectivity index (χ3n) is 2.18. The number of hydrogen-bond donors (Lipinski definition) is 2. The first-order valence-electron chi connectivity index (χ1n) is 5.65. The molecule has 0 aliphatic rings. The second-order valence-electron chi connectivity index (χ2n) is 3.72. The van der Waals surface area contributed by atoms with E-state index in [2.05, 4.69) is 14.9 Å². The number of aryl methyl sites for hydroxylation is 1. The molecule has 1 aromatic rings. The molecular weight excluding hydrogens is 242 g/mol. The number of hydrogen-bond acceptors (Lipinski definition) is 4. The van der Waals surface area contributed by atoms with E-state index in [0.717, 1.165) is 6.42 Å². The Hall–Kier alpha value is -0.920. The normalized spacial score (nSPS) is 11.9. The van der Waals surface area contributed by atoms with Gasteiger partial charge in [-0.1, -0.05) is 6.92 Å². The van der Waals surface area contributed by atoms with Gasteiger partial charge in [-0.05, 0) is 19.8 Å².